The van der Waals surface area contributed by atoms with Gasteiger partial charge < -0.3 is 14.2 Å². The zero-order valence-electron chi connectivity index (χ0n) is 36.9. The molecule has 0 spiro atoms. The first kappa shape index (κ1) is 53.3. The zero-order chi connectivity index (χ0) is 40.7. The molecule has 0 amide bonds. The Morgan fingerprint density at radius 2 is 0.804 bits per heavy atom. The van der Waals surface area contributed by atoms with Crippen LogP contribution in [0.3, 0.4) is 0 Å². The molecule has 0 fully saturated rings. The van der Waals surface area contributed by atoms with Gasteiger partial charge in [-0.2, -0.15) is 0 Å². The van der Waals surface area contributed by atoms with Crippen LogP contribution in [0.2, 0.25) is 0 Å². The number of allylic oxidation sites excluding steroid dienone is 12. The number of hydrogen-bond donors (Lipinski definition) is 0. The van der Waals surface area contributed by atoms with E-state index in [1.165, 1.54) is 83.5 Å². The monoisotopic (exact) mass is 781 g/mol. The van der Waals surface area contributed by atoms with Crippen LogP contribution in [0.15, 0.2) is 72.9 Å². The molecule has 0 aliphatic heterocycles. The normalized spacial score (nSPS) is 12.8. The summed E-state index contributed by atoms with van der Waals surface area (Å²) < 4.78 is 17.2. The van der Waals surface area contributed by atoms with Crippen LogP contribution in [-0.4, -0.2) is 37.9 Å². The van der Waals surface area contributed by atoms with Gasteiger partial charge in [0.1, 0.15) is 6.61 Å². The average Bonchev–Trinajstić information content (AvgIpc) is 3.20. The van der Waals surface area contributed by atoms with Gasteiger partial charge in [0.15, 0.2) is 6.10 Å². The Hall–Kier alpha value is -2.66. The fourth-order valence-electron chi connectivity index (χ4n) is 6.24. The summed E-state index contributed by atoms with van der Waals surface area (Å²) in [6.07, 6.45) is 59.3. The molecule has 1 atom stereocenters. The summed E-state index contributed by atoms with van der Waals surface area (Å²) in [5, 5.41) is 0. The summed E-state index contributed by atoms with van der Waals surface area (Å²) in [4.78, 5) is 25.0. The molecule has 0 aromatic heterocycles. The molecule has 0 saturated carbocycles. The Balaban J connectivity index is 4.12. The minimum atomic E-state index is -0.550. The van der Waals surface area contributed by atoms with Crippen molar-refractivity contribution in [3.05, 3.63) is 72.9 Å². The molecule has 0 aromatic carbocycles. The van der Waals surface area contributed by atoms with Gasteiger partial charge in [0.25, 0.3) is 0 Å². The highest BCUT2D eigenvalue weighted by atomic mass is 16.6. The standard InChI is InChI=1S/C51H88O5/c1-4-7-10-13-15-17-19-21-23-24-25-26-27-29-31-33-35-37-40-43-46-54-47-49(56-51(53)45-42-38-12-9-6-3)48-55-50(52)44-41-39-36-34-32-30-28-22-20-18-16-14-11-8-5-2/h7,10,15,17,21-23,25-26,28-29,31,49H,4-6,8-9,11-14,16,18-20,24,27,30,32-48H2,1-3H3/b10-7-,17-15-,23-21-,26-25-,28-22-,31-29-. The van der Waals surface area contributed by atoms with Gasteiger partial charge in [0.2, 0.25) is 0 Å². The summed E-state index contributed by atoms with van der Waals surface area (Å²) in [6.45, 7) is 7.57. The van der Waals surface area contributed by atoms with E-state index < -0.39 is 6.10 Å². The second kappa shape index (κ2) is 46.7. The number of rotatable bonds is 42. The predicted molar refractivity (Wildman–Crippen MR) is 242 cm³/mol. The van der Waals surface area contributed by atoms with Gasteiger partial charge in [-0.1, -0.05) is 184 Å². The molecule has 56 heavy (non-hydrogen) atoms. The summed E-state index contributed by atoms with van der Waals surface area (Å²) in [6, 6.07) is 0. The molecule has 322 valence electrons. The van der Waals surface area contributed by atoms with Crippen molar-refractivity contribution in [2.75, 3.05) is 19.8 Å². The van der Waals surface area contributed by atoms with Crippen molar-refractivity contribution in [3.8, 4) is 0 Å². The summed E-state index contributed by atoms with van der Waals surface area (Å²) >= 11 is 0. The molecule has 0 radical (unpaired) electrons. The first-order valence-corrected chi connectivity index (χ1v) is 23.5. The average molecular weight is 781 g/mol. The van der Waals surface area contributed by atoms with Crippen molar-refractivity contribution in [1.82, 2.24) is 0 Å². The van der Waals surface area contributed by atoms with Crippen LogP contribution in [0.25, 0.3) is 0 Å². The van der Waals surface area contributed by atoms with Crippen LogP contribution in [0.5, 0.6) is 0 Å². The first-order valence-electron chi connectivity index (χ1n) is 23.5. The van der Waals surface area contributed by atoms with E-state index >= 15 is 0 Å². The van der Waals surface area contributed by atoms with Crippen LogP contribution < -0.4 is 0 Å². The Labute approximate surface area is 347 Å². The lowest BCUT2D eigenvalue weighted by Gasteiger charge is -2.18. The summed E-state index contributed by atoms with van der Waals surface area (Å²) in [7, 11) is 0. The van der Waals surface area contributed by atoms with E-state index in [1.54, 1.807) is 0 Å². The van der Waals surface area contributed by atoms with Crippen LogP contribution in [0, 0.1) is 0 Å². The molecule has 0 N–H and O–H groups in total. The van der Waals surface area contributed by atoms with E-state index in [-0.39, 0.29) is 25.2 Å². The van der Waals surface area contributed by atoms with Gasteiger partial charge in [-0.3, -0.25) is 9.59 Å². The Kier molecular flexibility index (Phi) is 44.5. The summed E-state index contributed by atoms with van der Waals surface area (Å²) in [5.74, 6) is -0.436. The highest BCUT2D eigenvalue weighted by Crippen LogP contribution is 2.12. The maximum Gasteiger partial charge on any atom is 0.306 e. The third-order valence-electron chi connectivity index (χ3n) is 9.73. The third kappa shape index (κ3) is 44.1. The van der Waals surface area contributed by atoms with Crippen molar-refractivity contribution in [3.63, 3.8) is 0 Å². The molecule has 0 heterocycles. The maximum absolute atomic E-state index is 12.5. The van der Waals surface area contributed by atoms with E-state index in [0.29, 0.717) is 19.4 Å². The second-order valence-corrected chi connectivity index (χ2v) is 15.3. The lowest BCUT2D eigenvalue weighted by atomic mass is 10.1. The molecule has 0 aromatic rings. The number of hydrogen-bond acceptors (Lipinski definition) is 5. The SMILES string of the molecule is CC/C=C\C/C=C\C/C=C\C/C=C\C/C=C\CCCCCCOCC(COC(=O)CCCCCCC/C=C\CCCCCCCC)OC(=O)CCCCCCC. The van der Waals surface area contributed by atoms with Crippen LogP contribution in [0.4, 0.5) is 0 Å². The van der Waals surface area contributed by atoms with Crippen LogP contribution >= 0.6 is 0 Å². The largest absolute Gasteiger partial charge is 0.462 e. The number of unbranched alkanes of at least 4 members (excludes halogenated alkanes) is 19. The highest BCUT2D eigenvalue weighted by Gasteiger charge is 2.17. The molecular formula is C51H88O5. The molecule has 0 saturated heterocycles. The van der Waals surface area contributed by atoms with Gasteiger partial charge in [-0.25, -0.2) is 0 Å². The van der Waals surface area contributed by atoms with Gasteiger partial charge in [0.05, 0.1) is 6.61 Å². The van der Waals surface area contributed by atoms with Crippen molar-refractivity contribution in [2.24, 2.45) is 0 Å². The molecule has 1 unspecified atom stereocenters. The number of ether oxygens (including phenoxy) is 3. The minimum Gasteiger partial charge on any atom is -0.462 e. The zero-order valence-corrected chi connectivity index (χ0v) is 36.9. The van der Waals surface area contributed by atoms with E-state index in [0.717, 1.165) is 96.3 Å². The molecule has 0 aliphatic carbocycles. The predicted octanol–water partition coefficient (Wildman–Crippen LogP) is 15.6. The lowest BCUT2D eigenvalue weighted by Crippen LogP contribution is -2.30. The first-order chi connectivity index (χ1) is 27.6. The van der Waals surface area contributed by atoms with E-state index in [2.05, 4.69) is 93.7 Å². The van der Waals surface area contributed by atoms with Crippen LogP contribution in [-0.2, 0) is 23.8 Å². The van der Waals surface area contributed by atoms with Crippen molar-refractivity contribution < 1.29 is 23.8 Å². The van der Waals surface area contributed by atoms with Gasteiger partial charge in [0, 0.05) is 19.4 Å². The van der Waals surface area contributed by atoms with Crippen LogP contribution in [0.1, 0.15) is 213 Å². The van der Waals surface area contributed by atoms with Gasteiger partial charge in [-0.05, 0) is 89.9 Å². The smallest absolute Gasteiger partial charge is 0.306 e. The molecule has 0 aliphatic rings. The molecule has 0 bridgehead atoms. The van der Waals surface area contributed by atoms with Gasteiger partial charge >= 0.3 is 11.9 Å². The fourth-order valence-corrected chi connectivity index (χ4v) is 6.24. The number of carbonyl (C=O) groups excluding carboxylic acids is 2. The van der Waals surface area contributed by atoms with E-state index in [9.17, 15) is 9.59 Å². The quantitative estimate of drug-likeness (QED) is 0.0351. The fraction of sp³-hybridized carbons (Fsp3) is 0.725. The number of esters is 2. The van der Waals surface area contributed by atoms with Gasteiger partial charge in [-0.15, -0.1) is 0 Å². The van der Waals surface area contributed by atoms with Crippen molar-refractivity contribution in [1.29, 1.82) is 0 Å². The molecule has 0 rings (SSSR count). The Bertz CT molecular complexity index is 1020. The third-order valence-corrected chi connectivity index (χ3v) is 9.73. The Morgan fingerprint density at radius 3 is 1.30 bits per heavy atom. The Morgan fingerprint density at radius 1 is 0.411 bits per heavy atom. The lowest BCUT2D eigenvalue weighted by molar-refractivity contribution is -0.163. The van der Waals surface area contributed by atoms with Crippen molar-refractivity contribution >= 4 is 11.9 Å². The number of carbonyl (C=O) groups is 2. The summed E-state index contributed by atoms with van der Waals surface area (Å²) in [5.41, 5.74) is 0. The van der Waals surface area contributed by atoms with E-state index in [4.69, 9.17) is 14.2 Å². The highest BCUT2D eigenvalue weighted by molar-refractivity contribution is 5.70. The molecule has 5 heteroatoms. The topological polar surface area (TPSA) is 61.8 Å². The van der Waals surface area contributed by atoms with E-state index in [1.807, 2.05) is 0 Å². The molecule has 5 nitrogen and oxygen atoms in total. The second-order valence-electron chi connectivity index (χ2n) is 15.3. The minimum absolute atomic E-state index is 0.0682. The maximum atomic E-state index is 12.5. The van der Waals surface area contributed by atoms with Crippen molar-refractivity contribution in [2.45, 2.75) is 219 Å². The molecular weight excluding hydrogens is 693 g/mol.